The summed E-state index contributed by atoms with van der Waals surface area (Å²) in [6.45, 7) is 1.56. The average molecular weight is 398 g/mol. The lowest BCUT2D eigenvalue weighted by Gasteiger charge is -2.25. The van der Waals surface area contributed by atoms with Crippen molar-refractivity contribution in [3.8, 4) is 11.5 Å². The first kappa shape index (κ1) is 20.8. The van der Waals surface area contributed by atoms with Gasteiger partial charge in [0.25, 0.3) is 5.91 Å². The fourth-order valence-corrected chi connectivity index (χ4v) is 3.67. The van der Waals surface area contributed by atoms with E-state index in [9.17, 15) is 14.7 Å². The van der Waals surface area contributed by atoms with Gasteiger partial charge in [0.15, 0.2) is 6.29 Å². The van der Waals surface area contributed by atoms with Crippen LogP contribution in [0.25, 0.3) is 0 Å². The molecule has 29 heavy (non-hydrogen) atoms. The molecule has 1 aliphatic heterocycles. The Hall–Kier alpha value is -2.93. The number of aldehydes is 1. The van der Waals surface area contributed by atoms with Crippen molar-refractivity contribution in [2.45, 2.75) is 31.7 Å². The number of benzene rings is 1. The van der Waals surface area contributed by atoms with Crippen molar-refractivity contribution in [3.05, 3.63) is 53.3 Å². The molecule has 154 valence electrons. The molecular formula is C22H26N2O5. The number of likely N-dealkylation sites (tertiary alicyclic amines) is 1. The van der Waals surface area contributed by atoms with E-state index in [1.165, 1.54) is 6.07 Å². The second-order valence-electron chi connectivity index (χ2n) is 6.98. The standard InChI is InChI=1S/C22H26N2O5/c1-28-13-10-19-17(6-3-11-23-19)22(27)24-12-4-5-16(24)9-14-29-21-8-2-7-20(26)18(21)15-25/h2-3,6-8,11,15-16,26H,4-5,9-10,12-14H2,1H3/t16-/m0/s1. The molecule has 0 unspecified atom stereocenters. The zero-order chi connectivity index (χ0) is 20.6. The van der Waals surface area contributed by atoms with Crippen LogP contribution in [0.2, 0.25) is 0 Å². The SMILES string of the molecule is COCCc1ncccc1C(=O)N1CCC[C@H]1CCOc1cccc(O)c1C=O. The van der Waals surface area contributed by atoms with Gasteiger partial charge in [-0.2, -0.15) is 0 Å². The Morgan fingerprint density at radius 3 is 2.97 bits per heavy atom. The number of carbonyl (C=O) groups is 2. The Morgan fingerprint density at radius 1 is 1.31 bits per heavy atom. The molecule has 1 aromatic carbocycles. The molecule has 1 fully saturated rings. The van der Waals surface area contributed by atoms with Crippen LogP contribution in [-0.2, 0) is 11.2 Å². The van der Waals surface area contributed by atoms with Crippen molar-refractivity contribution in [1.29, 1.82) is 0 Å². The molecule has 1 saturated heterocycles. The van der Waals surface area contributed by atoms with E-state index in [1.807, 2.05) is 11.0 Å². The summed E-state index contributed by atoms with van der Waals surface area (Å²) in [5, 5.41) is 9.75. The van der Waals surface area contributed by atoms with E-state index < -0.39 is 0 Å². The highest BCUT2D eigenvalue weighted by atomic mass is 16.5. The van der Waals surface area contributed by atoms with Gasteiger partial charge in [-0.15, -0.1) is 0 Å². The Bertz CT molecular complexity index is 855. The van der Waals surface area contributed by atoms with Crippen molar-refractivity contribution in [2.24, 2.45) is 0 Å². The van der Waals surface area contributed by atoms with Gasteiger partial charge >= 0.3 is 0 Å². The third kappa shape index (κ3) is 4.92. The van der Waals surface area contributed by atoms with E-state index in [0.717, 1.165) is 18.5 Å². The number of methoxy groups -OCH3 is 1. The molecule has 1 amide bonds. The highest BCUT2D eigenvalue weighted by Crippen LogP contribution is 2.27. The molecule has 0 spiro atoms. The van der Waals surface area contributed by atoms with Gasteiger partial charge in [0, 0.05) is 38.7 Å². The van der Waals surface area contributed by atoms with Gasteiger partial charge in [-0.05, 0) is 37.1 Å². The molecule has 1 atom stereocenters. The maximum atomic E-state index is 13.1. The number of amides is 1. The van der Waals surface area contributed by atoms with E-state index in [0.29, 0.717) is 50.2 Å². The van der Waals surface area contributed by atoms with Gasteiger partial charge in [-0.1, -0.05) is 6.07 Å². The van der Waals surface area contributed by atoms with Crippen LogP contribution in [0, 0.1) is 0 Å². The third-order valence-electron chi connectivity index (χ3n) is 5.17. The number of carbonyl (C=O) groups excluding carboxylic acids is 2. The molecule has 2 heterocycles. The summed E-state index contributed by atoms with van der Waals surface area (Å²) in [6.07, 6.45) is 5.36. The second-order valence-corrected chi connectivity index (χ2v) is 6.98. The number of aromatic nitrogens is 1. The molecule has 1 N–H and O–H groups in total. The summed E-state index contributed by atoms with van der Waals surface area (Å²) in [7, 11) is 1.63. The predicted octanol–water partition coefficient (Wildman–Crippen LogP) is 2.86. The van der Waals surface area contributed by atoms with Gasteiger partial charge in [0.1, 0.15) is 11.5 Å². The van der Waals surface area contributed by atoms with Crippen LogP contribution in [0.5, 0.6) is 11.5 Å². The van der Waals surface area contributed by atoms with Gasteiger partial charge in [-0.25, -0.2) is 0 Å². The lowest BCUT2D eigenvalue weighted by atomic mass is 10.1. The van der Waals surface area contributed by atoms with Crippen LogP contribution in [0.15, 0.2) is 36.5 Å². The van der Waals surface area contributed by atoms with Crippen molar-refractivity contribution in [3.63, 3.8) is 0 Å². The third-order valence-corrected chi connectivity index (χ3v) is 5.17. The van der Waals surface area contributed by atoms with Crippen LogP contribution in [0.3, 0.4) is 0 Å². The monoisotopic (exact) mass is 398 g/mol. The zero-order valence-corrected chi connectivity index (χ0v) is 16.5. The molecule has 0 bridgehead atoms. The van der Waals surface area contributed by atoms with E-state index >= 15 is 0 Å². The first-order valence-corrected chi connectivity index (χ1v) is 9.79. The fraction of sp³-hybridized carbons (Fsp3) is 0.409. The Morgan fingerprint density at radius 2 is 2.17 bits per heavy atom. The maximum Gasteiger partial charge on any atom is 0.255 e. The molecule has 1 aromatic heterocycles. The van der Waals surface area contributed by atoms with Gasteiger partial charge < -0.3 is 19.5 Å². The number of pyridine rings is 1. The van der Waals surface area contributed by atoms with Crippen LogP contribution in [-0.4, -0.2) is 60.1 Å². The lowest BCUT2D eigenvalue weighted by molar-refractivity contribution is 0.0717. The van der Waals surface area contributed by atoms with Crippen molar-refractivity contribution in [1.82, 2.24) is 9.88 Å². The molecule has 7 nitrogen and oxygen atoms in total. The first-order chi connectivity index (χ1) is 14.2. The fourth-order valence-electron chi connectivity index (χ4n) is 3.67. The number of phenolic OH excluding ortho intramolecular Hbond substituents is 1. The predicted molar refractivity (Wildman–Crippen MR) is 107 cm³/mol. The molecular weight excluding hydrogens is 372 g/mol. The Kier molecular flexibility index (Phi) is 7.19. The first-order valence-electron chi connectivity index (χ1n) is 9.79. The molecule has 3 rings (SSSR count). The van der Waals surface area contributed by atoms with Crippen LogP contribution in [0.4, 0.5) is 0 Å². The minimum Gasteiger partial charge on any atom is -0.507 e. The minimum absolute atomic E-state index is 0.0161. The average Bonchev–Trinajstić information content (AvgIpc) is 3.20. The summed E-state index contributed by atoms with van der Waals surface area (Å²) in [5.74, 6) is 0.234. The highest BCUT2D eigenvalue weighted by Gasteiger charge is 2.30. The summed E-state index contributed by atoms with van der Waals surface area (Å²) in [6, 6.07) is 8.39. The summed E-state index contributed by atoms with van der Waals surface area (Å²) < 4.78 is 10.8. The lowest BCUT2D eigenvalue weighted by Crippen LogP contribution is -2.37. The van der Waals surface area contributed by atoms with E-state index in [2.05, 4.69) is 4.98 Å². The van der Waals surface area contributed by atoms with Crippen molar-refractivity contribution >= 4 is 12.2 Å². The number of nitrogens with zero attached hydrogens (tertiary/aromatic N) is 2. The Balaban J connectivity index is 1.64. The summed E-state index contributed by atoms with van der Waals surface area (Å²) in [5.41, 5.74) is 1.51. The molecule has 0 aliphatic carbocycles. The largest absolute Gasteiger partial charge is 0.507 e. The number of hydrogen-bond donors (Lipinski definition) is 1. The van der Waals surface area contributed by atoms with Crippen molar-refractivity contribution in [2.75, 3.05) is 26.9 Å². The van der Waals surface area contributed by atoms with Gasteiger partial charge in [-0.3, -0.25) is 14.6 Å². The van der Waals surface area contributed by atoms with E-state index in [4.69, 9.17) is 9.47 Å². The Labute approximate surface area is 170 Å². The van der Waals surface area contributed by atoms with Crippen LogP contribution < -0.4 is 4.74 Å². The minimum atomic E-state index is -0.102. The summed E-state index contributed by atoms with van der Waals surface area (Å²) in [4.78, 5) is 30.6. The van der Waals surface area contributed by atoms with Crippen LogP contribution in [0.1, 0.15) is 45.7 Å². The summed E-state index contributed by atoms with van der Waals surface area (Å²) >= 11 is 0. The number of rotatable bonds is 9. The van der Waals surface area contributed by atoms with Gasteiger partial charge in [0.2, 0.25) is 0 Å². The van der Waals surface area contributed by atoms with E-state index in [1.54, 1.807) is 31.5 Å². The molecule has 0 saturated carbocycles. The zero-order valence-electron chi connectivity index (χ0n) is 16.5. The molecule has 1 aliphatic rings. The highest BCUT2D eigenvalue weighted by molar-refractivity contribution is 5.95. The second kappa shape index (κ2) is 10.0. The number of phenols is 1. The van der Waals surface area contributed by atoms with E-state index in [-0.39, 0.29) is 23.3 Å². The van der Waals surface area contributed by atoms with Crippen LogP contribution >= 0.6 is 0 Å². The topological polar surface area (TPSA) is 89.0 Å². The smallest absolute Gasteiger partial charge is 0.255 e. The quantitative estimate of drug-likeness (QED) is 0.654. The van der Waals surface area contributed by atoms with Crippen molar-refractivity contribution < 1.29 is 24.2 Å². The number of hydrogen-bond acceptors (Lipinski definition) is 6. The molecule has 2 aromatic rings. The number of aromatic hydroxyl groups is 1. The normalized spacial score (nSPS) is 16.0. The molecule has 7 heteroatoms. The van der Waals surface area contributed by atoms with Gasteiger partial charge in [0.05, 0.1) is 30.0 Å². The molecule has 0 radical (unpaired) electrons. The maximum absolute atomic E-state index is 13.1. The number of ether oxygens (including phenoxy) is 2.